The molecule has 0 bridgehead atoms. The summed E-state index contributed by atoms with van der Waals surface area (Å²) in [5.41, 5.74) is 2.58. The van der Waals surface area contributed by atoms with Crippen LogP contribution < -0.4 is 10.6 Å². The molecular formula is C28H37N3O5S. The van der Waals surface area contributed by atoms with Gasteiger partial charge in [0.2, 0.25) is 5.91 Å². The first-order valence-electron chi connectivity index (χ1n) is 12.4. The molecule has 0 aromatic heterocycles. The fourth-order valence-corrected chi connectivity index (χ4v) is 4.46. The summed E-state index contributed by atoms with van der Waals surface area (Å²) in [6, 6.07) is 8.46. The zero-order valence-corrected chi connectivity index (χ0v) is 23.2. The monoisotopic (exact) mass is 527 g/mol. The lowest BCUT2D eigenvalue weighted by atomic mass is 9.98. The Morgan fingerprint density at radius 3 is 2.16 bits per heavy atom. The molecule has 3 amide bonds. The molecule has 2 atom stereocenters. The molecule has 0 saturated heterocycles. The van der Waals surface area contributed by atoms with Crippen LogP contribution in [0, 0.1) is 20.8 Å². The van der Waals surface area contributed by atoms with Crippen molar-refractivity contribution in [3.63, 3.8) is 0 Å². The molecule has 1 fully saturated rings. The predicted octanol–water partition coefficient (Wildman–Crippen LogP) is 4.81. The van der Waals surface area contributed by atoms with E-state index in [0.717, 1.165) is 11.1 Å². The van der Waals surface area contributed by atoms with Crippen molar-refractivity contribution in [1.29, 1.82) is 0 Å². The Hall–Kier alpha value is -3.20. The minimum absolute atomic E-state index is 0.00629. The number of nitrogens with one attached hydrogen (secondary N) is 2. The average Bonchev–Trinajstić information content (AvgIpc) is 3.64. The van der Waals surface area contributed by atoms with Gasteiger partial charge in [-0.2, -0.15) is 12.6 Å². The number of nitrogens with zero attached hydrogens (tertiary/aromatic N) is 1. The minimum atomic E-state index is -1.12. The molecule has 0 radical (unpaired) electrons. The van der Waals surface area contributed by atoms with Crippen LogP contribution in [0.15, 0.2) is 36.4 Å². The molecule has 9 heteroatoms. The number of aromatic hydroxyl groups is 1. The van der Waals surface area contributed by atoms with Gasteiger partial charge >= 0.3 is 6.09 Å². The molecule has 0 heterocycles. The molecule has 2 unspecified atom stereocenters. The van der Waals surface area contributed by atoms with Crippen molar-refractivity contribution in [2.45, 2.75) is 78.1 Å². The molecule has 3 N–H and O–H groups in total. The van der Waals surface area contributed by atoms with Gasteiger partial charge < -0.3 is 25.4 Å². The van der Waals surface area contributed by atoms with Gasteiger partial charge in [-0.1, -0.05) is 36.4 Å². The fraction of sp³-hybridized carbons (Fsp3) is 0.464. The van der Waals surface area contributed by atoms with Crippen LogP contribution in [0.4, 0.5) is 10.5 Å². The first-order valence-corrected chi connectivity index (χ1v) is 13.1. The van der Waals surface area contributed by atoms with Gasteiger partial charge in [0.25, 0.3) is 5.91 Å². The molecule has 1 saturated carbocycles. The zero-order valence-electron chi connectivity index (χ0n) is 22.3. The van der Waals surface area contributed by atoms with Crippen molar-refractivity contribution in [2.75, 3.05) is 11.1 Å². The molecule has 0 aliphatic heterocycles. The third-order valence-corrected chi connectivity index (χ3v) is 6.55. The molecule has 200 valence electrons. The standard InChI is InChI=1S/C28H37N3O5S/c1-16-9-7-10-17(2)22(16)30-25(33)23(20-12-8-11-18(3)24(20)32)31(19-13-14-19)26(34)21(15-37)29-27(35)36-28(4,5)6/h7-12,19,21,23,32,37H,13-15H2,1-6H3,(H,29,35)(H,30,33). The van der Waals surface area contributed by atoms with Crippen molar-refractivity contribution >= 4 is 36.2 Å². The Labute approximate surface area is 224 Å². The third-order valence-electron chi connectivity index (χ3n) is 6.19. The number of anilines is 1. The summed E-state index contributed by atoms with van der Waals surface area (Å²) in [4.78, 5) is 41.8. The van der Waals surface area contributed by atoms with E-state index in [2.05, 4.69) is 23.3 Å². The first-order chi connectivity index (χ1) is 17.3. The van der Waals surface area contributed by atoms with Gasteiger partial charge in [0.15, 0.2) is 0 Å². The van der Waals surface area contributed by atoms with Crippen molar-refractivity contribution in [1.82, 2.24) is 10.2 Å². The van der Waals surface area contributed by atoms with E-state index in [4.69, 9.17) is 4.74 Å². The van der Waals surface area contributed by atoms with Gasteiger partial charge in [-0.25, -0.2) is 4.79 Å². The summed E-state index contributed by atoms with van der Waals surface area (Å²) in [5.74, 6) is -0.962. The zero-order chi connectivity index (χ0) is 27.5. The smallest absolute Gasteiger partial charge is 0.408 e. The number of hydrogen-bond donors (Lipinski definition) is 4. The lowest BCUT2D eigenvalue weighted by Gasteiger charge is -2.35. The Morgan fingerprint density at radius 2 is 1.62 bits per heavy atom. The van der Waals surface area contributed by atoms with Gasteiger partial charge in [0.05, 0.1) is 0 Å². The van der Waals surface area contributed by atoms with Gasteiger partial charge in [0, 0.05) is 23.0 Å². The maximum absolute atomic E-state index is 13.9. The van der Waals surface area contributed by atoms with Crippen molar-refractivity contribution in [3.8, 4) is 5.75 Å². The second-order valence-corrected chi connectivity index (χ2v) is 10.9. The molecular weight excluding hydrogens is 490 g/mol. The SMILES string of the molecule is Cc1cccc(C(C(=O)Nc2c(C)cccc2C)N(C(=O)C(CS)NC(=O)OC(C)(C)C)C2CC2)c1O. The highest BCUT2D eigenvalue weighted by Crippen LogP contribution is 2.40. The van der Waals surface area contributed by atoms with Crippen LogP contribution in [0.3, 0.4) is 0 Å². The topological polar surface area (TPSA) is 108 Å². The van der Waals surface area contributed by atoms with E-state index in [0.29, 0.717) is 29.7 Å². The number of benzene rings is 2. The summed E-state index contributed by atoms with van der Waals surface area (Å²) in [6.07, 6.45) is 0.666. The number of carbonyl (C=O) groups excluding carboxylic acids is 3. The number of ether oxygens (including phenoxy) is 1. The van der Waals surface area contributed by atoms with Crippen LogP contribution in [-0.2, 0) is 14.3 Å². The van der Waals surface area contributed by atoms with Crippen LogP contribution >= 0.6 is 12.6 Å². The normalized spacial score (nSPS) is 14.9. The van der Waals surface area contributed by atoms with Crippen molar-refractivity contribution in [3.05, 3.63) is 58.7 Å². The van der Waals surface area contributed by atoms with E-state index in [1.54, 1.807) is 45.9 Å². The number of hydrogen-bond acceptors (Lipinski definition) is 6. The van der Waals surface area contributed by atoms with Gasteiger partial charge in [-0.15, -0.1) is 0 Å². The number of carbonyl (C=O) groups is 3. The van der Waals surface area contributed by atoms with Crippen LogP contribution in [-0.4, -0.2) is 51.4 Å². The maximum Gasteiger partial charge on any atom is 0.408 e. The van der Waals surface area contributed by atoms with E-state index < -0.39 is 35.6 Å². The Morgan fingerprint density at radius 1 is 1.05 bits per heavy atom. The molecule has 2 aromatic rings. The highest BCUT2D eigenvalue weighted by molar-refractivity contribution is 7.80. The summed E-state index contributed by atoms with van der Waals surface area (Å²) < 4.78 is 5.33. The lowest BCUT2D eigenvalue weighted by molar-refractivity contribution is -0.141. The van der Waals surface area contributed by atoms with Crippen molar-refractivity contribution in [2.24, 2.45) is 0 Å². The third kappa shape index (κ3) is 6.97. The highest BCUT2D eigenvalue weighted by Gasteiger charge is 2.45. The molecule has 3 rings (SSSR count). The summed E-state index contributed by atoms with van der Waals surface area (Å²) in [6.45, 7) is 10.7. The number of phenols is 1. The quantitative estimate of drug-likeness (QED) is 0.369. The average molecular weight is 528 g/mol. The van der Waals surface area contributed by atoms with E-state index >= 15 is 0 Å². The number of phenolic OH excluding ortho intramolecular Hbond substituents is 1. The molecule has 2 aromatic carbocycles. The van der Waals surface area contributed by atoms with Crippen LogP contribution in [0.5, 0.6) is 5.75 Å². The predicted molar refractivity (Wildman–Crippen MR) is 147 cm³/mol. The number of thiol groups is 1. The van der Waals surface area contributed by atoms with E-state index in [1.807, 2.05) is 32.0 Å². The van der Waals surface area contributed by atoms with Gasteiger partial charge in [-0.3, -0.25) is 9.59 Å². The Balaban J connectivity index is 2.03. The lowest BCUT2D eigenvalue weighted by Crippen LogP contribution is -2.54. The van der Waals surface area contributed by atoms with E-state index in [-0.39, 0.29) is 17.5 Å². The number of alkyl carbamates (subject to hydrolysis) is 1. The number of rotatable bonds is 8. The number of para-hydroxylation sites is 2. The second kappa shape index (κ2) is 11.5. The van der Waals surface area contributed by atoms with Crippen LogP contribution in [0.25, 0.3) is 0 Å². The van der Waals surface area contributed by atoms with Crippen LogP contribution in [0.2, 0.25) is 0 Å². The largest absolute Gasteiger partial charge is 0.507 e. The number of aryl methyl sites for hydroxylation is 3. The molecule has 0 spiro atoms. The van der Waals surface area contributed by atoms with E-state index in [9.17, 15) is 19.5 Å². The van der Waals surface area contributed by atoms with Gasteiger partial charge in [-0.05, 0) is 71.1 Å². The molecule has 8 nitrogen and oxygen atoms in total. The summed E-state index contributed by atoms with van der Waals surface area (Å²) >= 11 is 4.31. The number of amides is 3. The molecule has 37 heavy (non-hydrogen) atoms. The first kappa shape index (κ1) is 28.4. The van der Waals surface area contributed by atoms with Gasteiger partial charge in [0.1, 0.15) is 23.4 Å². The molecule has 1 aliphatic carbocycles. The van der Waals surface area contributed by atoms with E-state index in [1.165, 1.54) is 4.90 Å². The summed E-state index contributed by atoms with van der Waals surface area (Å²) in [5, 5.41) is 16.6. The van der Waals surface area contributed by atoms with Crippen molar-refractivity contribution < 1.29 is 24.2 Å². The fourth-order valence-electron chi connectivity index (χ4n) is 4.21. The summed E-state index contributed by atoms with van der Waals surface area (Å²) in [7, 11) is 0. The highest BCUT2D eigenvalue weighted by atomic mass is 32.1. The maximum atomic E-state index is 13.9. The van der Waals surface area contributed by atoms with Crippen LogP contribution in [0.1, 0.15) is 61.9 Å². The molecule has 1 aliphatic rings. The Bertz CT molecular complexity index is 1150. The Kier molecular flexibility index (Phi) is 8.79. The minimum Gasteiger partial charge on any atom is -0.507 e. The second-order valence-electron chi connectivity index (χ2n) is 10.5.